The number of hydrogen-bond acceptors (Lipinski definition) is 2. The highest BCUT2D eigenvalue weighted by molar-refractivity contribution is 7.89. The molecular formula is C20H21ClN2O2S. The van der Waals surface area contributed by atoms with E-state index < -0.39 is 10.0 Å². The molecule has 0 atom stereocenters. The number of nitrogens with zero attached hydrogens (tertiary/aromatic N) is 1. The van der Waals surface area contributed by atoms with Crippen molar-refractivity contribution < 1.29 is 8.42 Å². The van der Waals surface area contributed by atoms with Crippen LogP contribution in [0, 0.1) is 13.8 Å². The van der Waals surface area contributed by atoms with Crippen LogP contribution in [0.2, 0.25) is 5.02 Å². The van der Waals surface area contributed by atoms with Crippen molar-refractivity contribution in [3.8, 4) is 0 Å². The van der Waals surface area contributed by atoms with E-state index in [0.29, 0.717) is 11.6 Å². The third kappa shape index (κ3) is 4.36. The van der Waals surface area contributed by atoms with E-state index in [1.165, 1.54) is 0 Å². The molecule has 1 heterocycles. The van der Waals surface area contributed by atoms with Gasteiger partial charge in [0, 0.05) is 23.5 Å². The second-order valence-corrected chi connectivity index (χ2v) is 8.53. The molecule has 1 N–H and O–H groups in total. The van der Waals surface area contributed by atoms with Crippen molar-refractivity contribution in [1.29, 1.82) is 0 Å². The lowest BCUT2D eigenvalue weighted by molar-refractivity contribution is 0.578. The summed E-state index contributed by atoms with van der Waals surface area (Å²) in [6.45, 7) is 4.76. The average molecular weight is 389 g/mol. The Morgan fingerprint density at radius 3 is 2.42 bits per heavy atom. The molecule has 0 fully saturated rings. The summed E-state index contributed by atoms with van der Waals surface area (Å²) >= 11 is 5.92. The molecule has 0 aliphatic heterocycles. The first-order chi connectivity index (χ1) is 12.3. The lowest BCUT2D eigenvalue weighted by atomic mass is 10.1. The van der Waals surface area contributed by atoms with E-state index in [9.17, 15) is 8.42 Å². The SMILES string of the molecule is Cc1ccc(S(=O)(=O)NCc2cccn2Cc2ccc(Cl)cc2)cc1C. The van der Waals surface area contributed by atoms with Crippen LogP contribution in [0.15, 0.2) is 65.7 Å². The van der Waals surface area contributed by atoms with Crippen molar-refractivity contribution in [2.75, 3.05) is 0 Å². The van der Waals surface area contributed by atoms with Crippen LogP contribution in [0.5, 0.6) is 0 Å². The minimum Gasteiger partial charge on any atom is -0.346 e. The predicted molar refractivity (Wildman–Crippen MR) is 105 cm³/mol. The van der Waals surface area contributed by atoms with Crippen molar-refractivity contribution in [2.45, 2.75) is 31.8 Å². The van der Waals surface area contributed by atoms with E-state index in [1.54, 1.807) is 12.1 Å². The highest BCUT2D eigenvalue weighted by atomic mass is 35.5. The van der Waals surface area contributed by atoms with Gasteiger partial charge in [-0.3, -0.25) is 0 Å². The fraction of sp³-hybridized carbons (Fsp3) is 0.200. The molecule has 26 heavy (non-hydrogen) atoms. The van der Waals surface area contributed by atoms with Crippen LogP contribution in [0.25, 0.3) is 0 Å². The van der Waals surface area contributed by atoms with Crippen LogP contribution in [0.3, 0.4) is 0 Å². The summed E-state index contributed by atoms with van der Waals surface area (Å²) in [5.41, 5.74) is 4.02. The van der Waals surface area contributed by atoms with E-state index in [4.69, 9.17) is 11.6 Å². The Bertz CT molecular complexity index is 1010. The zero-order chi connectivity index (χ0) is 18.7. The molecule has 0 amide bonds. The fourth-order valence-corrected chi connectivity index (χ4v) is 3.89. The molecule has 0 spiro atoms. The summed E-state index contributed by atoms with van der Waals surface area (Å²) < 4.78 is 29.8. The van der Waals surface area contributed by atoms with Gasteiger partial charge in [0.05, 0.1) is 11.4 Å². The first kappa shape index (κ1) is 18.7. The second-order valence-electron chi connectivity index (χ2n) is 6.32. The van der Waals surface area contributed by atoms with E-state index in [2.05, 4.69) is 4.72 Å². The van der Waals surface area contributed by atoms with E-state index in [0.717, 1.165) is 22.4 Å². The molecule has 6 heteroatoms. The third-order valence-corrected chi connectivity index (χ3v) is 6.07. The molecule has 0 saturated heterocycles. The Balaban J connectivity index is 1.73. The van der Waals surface area contributed by atoms with Crippen molar-refractivity contribution >= 4 is 21.6 Å². The summed E-state index contributed by atoms with van der Waals surface area (Å²) in [6, 6.07) is 16.6. The second kappa shape index (κ2) is 7.66. The van der Waals surface area contributed by atoms with Gasteiger partial charge in [-0.15, -0.1) is 0 Å². The number of aromatic nitrogens is 1. The zero-order valence-electron chi connectivity index (χ0n) is 14.7. The quantitative estimate of drug-likeness (QED) is 0.685. The Labute approximate surface area is 159 Å². The first-order valence-electron chi connectivity index (χ1n) is 8.30. The maximum atomic E-state index is 12.6. The normalized spacial score (nSPS) is 11.7. The zero-order valence-corrected chi connectivity index (χ0v) is 16.3. The van der Waals surface area contributed by atoms with Crippen molar-refractivity contribution in [3.05, 3.63) is 88.2 Å². The highest BCUT2D eigenvalue weighted by Gasteiger charge is 2.15. The molecule has 136 valence electrons. The number of nitrogens with one attached hydrogen (secondary N) is 1. The summed E-state index contributed by atoms with van der Waals surface area (Å²) in [4.78, 5) is 0.288. The number of aryl methyl sites for hydroxylation is 2. The largest absolute Gasteiger partial charge is 0.346 e. The van der Waals surface area contributed by atoms with Gasteiger partial charge in [-0.25, -0.2) is 13.1 Å². The molecule has 1 aromatic heterocycles. The topological polar surface area (TPSA) is 51.1 Å². The molecule has 4 nitrogen and oxygen atoms in total. The molecule has 3 aromatic rings. The molecule has 0 saturated carbocycles. The summed E-state index contributed by atoms with van der Waals surface area (Å²) in [5.74, 6) is 0. The van der Waals surface area contributed by atoms with Gasteiger partial charge < -0.3 is 4.57 Å². The maximum absolute atomic E-state index is 12.6. The number of hydrogen-bond donors (Lipinski definition) is 1. The van der Waals surface area contributed by atoms with Crippen molar-refractivity contribution in [1.82, 2.24) is 9.29 Å². The lowest BCUT2D eigenvalue weighted by Crippen LogP contribution is -2.24. The van der Waals surface area contributed by atoms with Gasteiger partial charge >= 0.3 is 0 Å². The van der Waals surface area contributed by atoms with Crippen LogP contribution in [0.4, 0.5) is 0 Å². The summed E-state index contributed by atoms with van der Waals surface area (Å²) in [7, 11) is -3.55. The lowest BCUT2D eigenvalue weighted by Gasteiger charge is -2.12. The average Bonchev–Trinajstić information content (AvgIpc) is 3.05. The first-order valence-corrected chi connectivity index (χ1v) is 10.2. The number of benzene rings is 2. The van der Waals surface area contributed by atoms with Gasteiger partial charge in [0.15, 0.2) is 0 Å². The molecule has 2 aromatic carbocycles. The molecule has 3 rings (SSSR count). The molecular weight excluding hydrogens is 368 g/mol. The molecule has 0 aliphatic rings. The van der Waals surface area contributed by atoms with E-state index in [1.807, 2.05) is 67.1 Å². The van der Waals surface area contributed by atoms with Crippen molar-refractivity contribution in [3.63, 3.8) is 0 Å². The Hall–Kier alpha value is -2.08. The van der Waals surface area contributed by atoms with Gasteiger partial charge in [0.1, 0.15) is 0 Å². The minimum atomic E-state index is -3.55. The van der Waals surface area contributed by atoms with Gasteiger partial charge in [-0.2, -0.15) is 0 Å². The number of rotatable bonds is 6. The van der Waals surface area contributed by atoms with E-state index in [-0.39, 0.29) is 11.4 Å². The van der Waals surface area contributed by atoms with E-state index >= 15 is 0 Å². The maximum Gasteiger partial charge on any atom is 0.240 e. The van der Waals surface area contributed by atoms with Crippen LogP contribution < -0.4 is 4.72 Å². The Morgan fingerprint density at radius 2 is 1.73 bits per heavy atom. The van der Waals surface area contributed by atoms with Crippen LogP contribution in [-0.4, -0.2) is 13.0 Å². The number of sulfonamides is 1. The smallest absolute Gasteiger partial charge is 0.240 e. The van der Waals surface area contributed by atoms with Gasteiger partial charge in [-0.1, -0.05) is 29.8 Å². The molecule has 0 radical (unpaired) electrons. The van der Waals surface area contributed by atoms with Gasteiger partial charge in [0.25, 0.3) is 0 Å². The van der Waals surface area contributed by atoms with Gasteiger partial charge in [0.2, 0.25) is 10.0 Å². The van der Waals surface area contributed by atoms with Gasteiger partial charge in [-0.05, 0) is 66.9 Å². The Kier molecular flexibility index (Phi) is 5.51. The summed E-state index contributed by atoms with van der Waals surface area (Å²) in [5, 5.41) is 0.697. The monoisotopic (exact) mass is 388 g/mol. The molecule has 0 aliphatic carbocycles. The van der Waals surface area contributed by atoms with Crippen LogP contribution >= 0.6 is 11.6 Å². The van der Waals surface area contributed by atoms with Crippen molar-refractivity contribution in [2.24, 2.45) is 0 Å². The molecule has 0 bridgehead atoms. The standard InChI is InChI=1S/C20H21ClN2O2S/c1-15-5-10-20(12-16(15)2)26(24,25)22-13-19-4-3-11-23(19)14-17-6-8-18(21)9-7-17/h3-12,22H,13-14H2,1-2H3. The minimum absolute atomic E-state index is 0.232. The highest BCUT2D eigenvalue weighted by Crippen LogP contribution is 2.16. The van der Waals surface area contributed by atoms with Crippen LogP contribution in [-0.2, 0) is 23.1 Å². The predicted octanol–water partition coefficient (Wildman–Crippen LogP) is 4.29. The summed E-state index contributed by atoms with van der Waals surface area (Å²) in [6.07, 6.45) is 1.94. The number of halogens is 1. The fourth-order valence-electron chi connectivity index (χ4n) is 2.68. The molecule has 0 unspecified atom stereocenters. The third-order valence-electron chi connectivity index (χ3n) is 4.42. The Morgan fingerprint density at radius 1 is 1.00 bits per heavy atom. The van der Waals surface area contributed by atoms with Crippen LogP contribution in [0.1, 0.15) is 22.4 Å².